The molecule has 2 rings (SSSR count). The van der Waals surface area contributed by atoms with Crippen LogP contribution in [0.1, 0.15) is 86.0 Å². The summed E-state index contributed by atoms with van der Waals surface area (Å²) >= 11 is 0. The highest BCUT2D eigenvalue weighted by molar-refractivity contribution is 5.79. The molecule has 1 spiro atoms. The van der Waals surface area contributed by atoms with Gasteiger partial charge in [0.25, 0.3) is 0 Å². The van der Waals surface area contributed by atoms with E-state index in [-0.39, 0.29) is 29.6 Å². The number of piperidine rings is 1. The minimum atomic E-state index is 0.110. The zero-order valence-electron chi connectivity index (χ0n) is 19.2. The zero-order chi connectivity index (χ0) is 21.9. The summed E-state index contributed by atoms with van der Waals surface area (Å²) in [5.74, 6) is 0.624. The lowest BCUT2D eigenvalue weighted by Gasteiger charge is -2.45. The van der Waals surface area contributed by atoms with Gasteiger partial charge in [0.05, 0.1) is 19.6 Å². The van der Waals surface area contributed by atoms with Crippen LogP contribution in [0.25, 0.3) is 0 Å². The topological polar surface area (TPSA) is 75.7 Å². The van der Waals surface area contributed by atoms with Crippen LogP contribution in [-0.4, -0.2) is 54.8 Å². The Balaban J connectivity index is 0.00000204. The van der Waals surface area contributed by atoms with Crippen molar-refractivity contribution in [3.63, 3.8) is 0 Å². The minimum absolute atomic E-state index is 0.110. The Labute approximate surface area is 177 Å². The highest BCUT2D eigenvalue weighted by atomic mass is 16.5. The second kappa shape index (κ2) is 13.0. The van der Waals surface area contributed by atoms with Crippen LogP contribution in [0.5, 0.6) is 0 Å². The van der Waals surface area contributed by atoms with E-state index in [2.05, 4.69) is 5.32 Å². The Bertz CT molecular complexity index is 515. The van der Waals surface area contributed by atoms with E-state index in [0.717, 1.165) is 51.6 Å². The van der Waals surface area contributed by atoms with Crippen molar-refractivity contribution in [3.8, 4) is 0 Å². The van der Waals surface area contributed by atoms with Crippen molar-refractivity contribution in [1.29, 1.82) is 0 Å². The zero-order valence-corrected chi connectivity index (χ0v) is 19.2. The Hall–Kier alpha value is -1.43. The van der Waals surface area contributed by atoms with Crippen LogP contribution in [0.3, 0.4) is 0 Å². The van der Waals surface area contributed by atoms with Gasteiger partial charge in [-0.2, -0.15) is 0 Å². The molecule has 1 saturated carbocycles. The molecule has 6 nitrogen and oxygen atoms in total. The van der Waals surface area contributed by atoms with Crippen molar-refractivity contribution in [2.45, 2.75) is 92.0 Å². The molecule has 1 N–H and O–H groups in total. The molecule has 1 aliphatic carbocycles. The molecule has 1 saturated heterocycles. The van der Waals surface area contributed by atoms with Gasteiger partial charge in [0, 0.05) is 31.5 Å². The number of Topliss-reactive ketones (excluding diaryl/α,β-unsaturated/α-hetero) is 1. The number of nitrogens with one attached hydrogen (secondary N) is 1. The van der Waals surface area contributed by atoms with E-state index >= 15 is 0 Å². The highest BCUT2D eigenvalue weighted by Gasteiger charge is 2.40. The summed E-state index contributed by atoms with van der Waals surface area (Å²) in [6.07, 6.45) is 7.02. The van der Waals surface area contributed by atoms with E-state index in [1.165, 1.54) is 0 Å². The average molecular weight is 411 g/mol. The summed E-state index contributed by atoms with van der Waals surface area (Å²) in [4.78, 5) is 37.4. The standard InChI is InChI=1S/C21H36N2O4.C2H6/c1-16(2)22-20(26)18-4-8-21(9-5-18)10-12-23(13-11-21)19(25)7-15-27-14-6-17(3)24;1-2/h16,18H,4-15H2,1-3H3,(H,22,26);1-2H3. The van der Waals surface area contributed by atoms with Crippen molar-refractivity contribution in [1.82, 2.24) is 10.2 Å². The first-order valence-electron chi connectivity index (χ1n) is 11.5. The smallest absolute Gasteiger partial charge is 0.224 e. The molecule has 2 fully saturated rings. The van der Waals surface area contributed by atoms with Gasteiger partial charge in [0.1, 0.15) is 5.78 Å². The Morgan fingerprint density at radius 1 is 1.00 bits per heavy atom. The maximum Gasteiger partial charge on any atom is 0.224 e. The summed E-state index contributed by atoms with van der Waals surface area (Å²) in [5.41, 5.74) is 0.323. The van der Waals surface area contributed by atoms with Crippen LogP contribution in [0.4, 0.5) is 0 Å². The predicted octanol–water partition coefficient (Wildman–Crippen LogP) is 3.72. The number of ether oxygens (including phenoxy) is 1. The lowest BCUT2D eigenvalue weighted by molar-refractivity contribution is -0.135. The first-order chi connectivity index (χ1) is 13.8. The molecule has 1 aliphatic heterocycles. The van der Waals surface area contributed by atoms with E-state index < -0.39 is 0 Å². The van der Waals surface area contributed by atoms with Crippen LogP contribution < -0.4 is 5.32 Å². The molecule has 29 heavy (non-hydrogen) atoms. The van der Waals surface area contributed by atoms with Gasteiger partial charge in [-0.3, -0.25) is 14.4 Å². The summed E-state index contributed by atoms with van der Waals surface area (Å²) in [6.45, 7) is 12.0. The largest absolute Gasteiger partial charge is 0.380 e. The summed E-state index contributed by atoms with van der Waals surface area (Å²) in [6, 6.07) is 0.203. The molecule has 2 aliphatic rings. The molecule has 168 valence electrons. The molecule has 0 atom stereocenters. The van der Waals surface area contributed by atoms with Crippen LogP contribution in [0.2, 0.25) is 0 Å². The van der Waals surface area contributed by atoms with Gasteiger partial charge in [0.2, 0.25) is 11.8 Å². The van der Waals surface area contributed by atoms with Crippen molar-refractivity contribution in [3.05, 3.63) is 0 Å². The van der Waals surface area contributed by atoms with Gasteiger partial charge in [-0.25, -0.2) is 0 Å². The normalized spacial score (nSPS) is 18.9. The first kappa shape index (κ1) is 25.6. The van der Waals surface area contributed by atoms with Crippen LogP contribution in [-0.2, 0) is 19.1 Å². The predicted molar refractivity (Wildman–Crippen MR) is 116 cm³/mol. The number of likely N-dealkylation sites (tertiary alicyclic amines) is 1. The monoisotopic (exact) mass is 410 g/mol. The molecule has 0 aromatic heterocycles. The Morgan fingerprint density at radius 2 is 1.55 bits per heavy atom. The number of carbonyl (C=O) groups excluding carboxylic acids is 3. The van der Waals surface area contributed by atoms with E-state index in [4.69, 9.17) is 4.74 Å². The Kier molecular flexibility index (Phi) is 11.5. The summed E-state index contributed by atoms with van der Waals surface area (Å²) in [5, 5.41) is 3.04. The van der Waals surface area contributed by atoms with Gasteiger partial charge in [-0.15, -0.1) is 0 Å². The van der Waals surface area contributed by atoms with Crippen LogP contribution in [0, 0.1) is 11.3 Å². The number of carbonyl (C=O) groups is 3. The number of nitrogens with zero attached hydrogens (tertiary/aromatic N) is 1. The van der Waals surface area contributed by atoms with Crippen LogP contribution in [0.15, 0.2) is 0 Å². The van der Waals surface area contributed by atoms with Gasteiger partial charge >= 0.3 is 0 Å². The summed E-state index contributed by atoms with van der Waals surface area (Å²) in [7, 11) is 0. The van der Waals surface area contributed by atoms with E-state index in [9.17, 15) is 14.4 Å². The molecule has 2 amide bonds. The third kappa shape index (κ3) is 8.85. The molecule has 0 bridgehead atoms. The second-order valence-corrected chi connectivity index (χ2v) is 8.63. The molecule has 0 radical (unpaired) electrons. The fourth-order valence-corrected chi connectivity index (χ4v) is 4.26. The van der Waals surface area contributed by atoms with E-state index in [0.29, 0.717) is 31.5 Å². The van der Waals surface area contributed by atoms with Crippen molar-refractivity contribution in [2.75, 3.05) is 26.3 Å². The van der Waals surface area contributed by atoms with Gasteiger partial charge in [-0.1, -0.05) is 13.8 Å². The van der Waals surface area contributed by atoms with Gasteiger partial charge < -0.3 is 15.0 Å². The minimum Gasteiger partial charge on any atom is -0.380 e. The molecule has 0 unspecified atom stereocenters. The SMILES string of the molecule is CC.CC(=O)CCOCCC(=O)N1CCC2(CCC(C(=O)NC(C)C)CC2)CC1. The maximum absolute atomic E-state index is 12.3. The quantitative estimate of drug-likeness (QED) is 0.619. The van der Waals surface area contributed by atoms with Crippen molar-refractivity contribution in [2.24, 2.45) is 11.3 Å². The van der Waals surface area contributed by atoms with Crippen molar-refractivity contribution >= 4 is 17.6 Å². The van der Waals surface area contributed by atoms with Crippen LogP contribution >= 0.6 is 0 Å². The van der Waals surface area contributed by atoms with Gasteiger partial charge in [-0.05, 0) is 64.7 Å². The molecule has 6 heteroatoms. The molecule has 1 heterocycles. The highest BCUT2D eigenvalue weighted by Crippen LogP contribution is 2.46. The lowest BCUT2D eigenvalue weighted by atomic mass is 9.65. The molecular formula is C23H42N2O4. The second-order valence-electron chi connectivity index (χ2n) is 8.63. The van der Waals surface area contributed by atoms with Gasteiger partial charge in [0.15, 0.2) is 0 Å². The Morgan fingerprint density at radius 3 is 2.07 bits per heavy atom. The third-order valence-corrected chi connectivity index (χ3v) is 6.08. The fraction of sp³-hybridized carbons (Fsp3) is 0.870. The summed E-state index contributed by atoms with van der Waals surface area (Å²) < 4.78 is 5.37. The average Bonchev–Trinajstić information content (AvgIpc) is 2.69. The van der Waals surface area contributed by atoms with E-state index in [1.54, 1.807) is 6.92 Å². The van der Waals surface area contributed by atoms with Crippen molar-refractivity contribution < 1.29 is 19.1 Å². The number of rotatable bonds is 8. The number of hydrogen-bond acceptors (Lipinski definition) is 4. The first-order valence-corrected chi connectivity index (χ1v) is 11.5. The lowest BCUT2D eigenvalue weighted by Crippen LogP contribution is -2.46. The molecule has 0 aromatic carbocycles. The molecule has 0 aromatic rings. The number of hydrogen-bond donors (Lipinski definition) is 1. The number of ketones is 1. The number of amides is 2. The van der Waals surface area contributed by atoms with E-state index in [1.807, 2.05) is 32.6 Å². The molecular weight excluding hydrogens is 368 g/mol. The fourth-order valence-electron chi connectivity index (χ4n) is 4.26. The third-order valence-electron chi connectivity index (χ3n) is 6.08. The maximum atomic E-state index is 12.3.